The van der Waals surface area contributed by atoms with Gasteiger partial charge in [0.05, 0.1) is 16.1 Å². The molecule has 2 N–H and O–H groups in total. The predicted octanol–water partition coefficient (Wildman–Crippen LogP) is 1.26. The Balaban J connectivity index is 2.94. The molecule has 5 nitrogen and oxygen atoms in total. The number of hydrogen-bond donors (Lipinski definition) is 2. The van der Waals surface area contributed by atoms with Crippen LogP contribution in [-0.4, -0.2) is 31.2 Å². The summed E-state index contributed by atoms with van der Waals surface area (Å²) in [4.78, 5) is 3.94. The highest BCUT2D eigenvalue weighted by molar-refractivity contribution is 9.11. The highest BCUT2D eigenvalue weighted by Gasteiger charge is 2.23. The Morgan fingerprint density at radius 3 is 2.62 bits per heavy atom. The number of thiazole rings is 1. The maximum atomic E-state index is 11.8. The monoisotopic (exact) mass is 328 g/mol. The van der Waals surface area contributed by atoms with Crippen molar-refractivity contribution in [1.29, 1.82) is 0 Å². The van der Waals surface area contributed by atoms with Crippen LogP contribution in [-0.2, 0) is 10.0 Å². The third kappa shape index (κ3) is 3.24. The van der Waals surface area contributed by atoms with Crippen LogP contribution in [0.5, 0.6) is 0 Å². The SMILES string of the molecule is CCC(CO)NS(=O)(=O)c1nc(C)c(Br)s1. The van der Waals surface area contributed by atoms with Gasteiger partial charge in [0.15, 0.2) is 0 Å². The van der Waals surface area contributed by atoms with Crippen molar-refractivity contribution in [3.63, 3.8) is 0 Å². The summed E-state index contributed by atoms with van der Waals surface area (Å²) in [5.74, 6) is 0. The average molecular weight is 329 g/mol. The van der Waals surface area contributed by atoms with Crippen molar-refractivity contribution in [2.45, 2.75) is 30.6 Å². The maximum Gasteiger partial charge on any atom is 0.268 e. The zero-order valence-electron chi connectivity index (χ0n) is 8.90. The summed E-state index contributed by atoms with van der Waals surface area (Å²) in [6.45, 7) is 3.30. The van der Waals surface area contributed by atoms with Gasteiger partial charge in [-0.3, -0.25) is 0 Å². The van der Waals surface area contributed by atoms with E-state index in [1.165, 1.54) is 0 Å². The van der Waals surface area contributed by atoms with Crippen molar-refractivity contribution in [3.8, 4) is 0 Å². The molecule has 0 saturated heterocycles. The summed E-state index contributed by atoms with van der Waals surface area (Å²) in [6.07, 6.45) is 0.529. The van der Waals surface area contributed by atoms with Crippen LogP contribution in [0.25, 0.3) is 0 Å². The van der Waals surface area contributed by atoms with Gasteiger partial charge in [0.2, 0.25) is 4.34 Å². The van der Waals surface area contributed by atoms with Crippen LogP contribution in [0.15, 0.2) is 8.13 Å². The third-order valence-electron chi connectivity index (χ3n) is 1.99. The van der Waals surface area contributed by atoms with Crippen LogP contribution >= 0.6 is 27.3 Å². The van der Waals surface area contributed by atoms with Gasteiger partial charge < -0.3 is 5.11 Å². The highest BCUT2D eigenvalue weighted by atomic mass is 79.9. The molecule has 0 aliphatic carbocycles. The molecule has 1 aromatic heterocycles. The first-order valence-corrected chi connectivity index (χ1v) is 7.76. The predicted molar refractivity (Wildman–Crippen MR) is 66.0 cm³/mol. The number of aliphatic hydroxyl groups is 1. The Morgan fingerprint density at radius 1 is 1.62 bits per heavy atom. The summed E-state index contributed by atoms with van der Waals surface area (Å²) in [5, 5.41) is 8.94. The van der Waals surface area contributed by atoms with E-state index in [0.717, 1.165) is 11.3 Å². The van der Waals surface area contributed by atoms with E-state index in [2.05, 4.69) is 25.6 Å². The van der Waals surface area contributed by atoms with E-state index >= 15 is 0 Å². The molecule has 1 heterocycles. The Labute approximate surface area is 107 Å². The molecular weight excluding hydrogens is 316 g/mol. The minimum absolute atomic E-state index is 0.0174. The van der Waals surface area contributed by atoms with Crippen molar-refractivity contribution >= 4 is 37.3 Å². The van der Waals surface area contributed by atoms with E-state index in [1.54, 1.807) is 13.8 Å². The molecule has 92 valence electrons. The third-order valence-corrected chi connectivity index (χ3v) is 5.89. The largest absolute Gasteiger partial charge is 0.395 e. The zero-order chi connectivity index (χ0) is 12.3. The van der Waals surface area contributed by atoms with Gasteiger partial charge in [-0.05, 0) is 29.3 Å². The van der Waals surface area contributed by atoms with Gasteiger partial charge in [0.1, 0.15) is 0 Å². The number of nitrogens with one attached hydrogen (secondary N) is 1. The summed E-state index contributed by atoms with van der Waals surface area (Å²) < 4.78 is 26.8. The Morgan fingerprint density at radius 2 is 2.25 bits per heavy atom. The van der Waals surface area contributed by atoms with E-state index in [0.29, 0.717) is 15.9 Å². The van der Waals surface area contributed by atoms with Gasteiger partial charge in [0.25, 0.3) is 10.0 Å². The number of aromatic nitrogens is 1. The topological polar surface area (TPSA) is 79.3 Å². The summed E-state index contributed by atoms with van der Waals surface area (Å²) in [5.41, 5.74) is 0.641. The molecular formula is C8H13BrN2O3S2. The number of nitrogens with zero attached hydrogens (tertiary/aromatic N) is 1. The van der Waals surface area contributed by atoms with Crippen molar-refractivity contribution in [3.05, 3.63) is 9.48 Å². The van der Waals surface area contributed by atoms with Gasteiger partial charge in [-0.2, -0.15) is 0 Å². The quantitative estimate of drug-likeness (QED) is 0.852. The van der Waals surface area contributed by atoms with Gasteiger partial charge in [-0.15, -0.1) is 0 Å². The summed E-state index contributed by atoms with van der Waals surface area (Å²) in [7, 11) is -3.62. The molecule has 0 aliphatic heterocycles. The molecule has 0 aromatic carbocycles. The van der Waals surface area contributed by atoms with E-state index < -0.39 is 16.1 Å². The van der Waals surface area contributed by atoms with Crippen molar-refractivity contribution in [2.75, 3.05) is 6.61 Å². The molecule has 0 saturated carbocycles. The molecule has 0 amide bonds. The first kappa shape index (κ1) is 14.0. The van der Waals surface area contributed by atoms with Crippen molar-refractivity contribution in [2.24, 2.45) is 0 Å². The second-order valence-corrected chi connectivity index (χ2v) is 7.45. The average Bonchev–Trinajstić information content (AvgIpc) is 2.56. The van der Waals surface area contributed by atoms with E-state index in [9.17, 15) is 8.42 Å². The number of sulfonamides is 1. The lowest BCUT2D eigenvalue weighted by Gasteiger charge is -2.12. The second-order valence-electron chi connectivity index (χ2n) is 3.25. The van der Waals surface area contributed by atoms with Crippen molar-refractivity contribution in [1.82, 2.24) is 9.71 Å². The van der Waals surface area contributed by atoms with Gasteiger partial charge in [0, 0.05) is 6.04 Å². The first-order valence-electron chi connectivity index (χ1n) is 4.66. The van der Waals surface area contributed by atoms with E-state index in [1.807, 2.05) is 0 Å². The molecule has 1 atom stereocenters. The fourth-order valence-corrected chi connectivity index (χ4v) is 4.26. The Bertz CT molecular complexity index is 434. The number of aryl methyl sites for hydroxylation is 1. The van der Waals surface area contributed by atoms with Gasteiger partial charge >= 0.3 is 0 Å². The molecule has 1 rings (SSSR count). The molecule has 8 heteroatoms. The highest BCUT2D eigenvalue weighted by Crippen LogP contribution is 2.27. The van der Waals surface area contributed by atoms with Gasteiger partial charge in [-0.1, -0.05) is 18.3 Å². The molecule has 0 bridgehead atoms. The lowest BCUT2D eigenvalue weighted by atomic mass is 10.3. The second kappa shape index (κ2) is 5.54. The Kier molecular flexibility index (Phi) is 4.87. The summed E-state index contributed by atoms with van der Waals surface area (Å²) >= 11 is 4.28. The molecule has 0 fully saturated rings. The Hall–Kier alpha value is -0.0200. The number of rotatable bonds is 5. The van der Waals surface area contributed by atoms with Crippen molar-refractivity contribution < 1.29 is 13.5 Å². The van der Waals surface area contributed by atoms with Crippen LogP contribution in [0, 0.1) is 6.92 Å². The fraction of sp³-hybridized carbons (Fsp3) is 0.625. The number of hydrogen-bond acceptors (Lipinski definition) is 5. The number of halogens is 1. The molecule has 1 unspecified atom stereocenters. The minimum Gasteiger partial charge on any atom is -0.395 e. The van der Waals surface area contributed by atoms with E-state index in [-0.39, 0.29) is 10.9 Å². The van der Waals surface area contributed by atoms with Crippen LogP contribution in [0.3, 0.4) is 0 Å². The molecule has 16 heavy (non-hydrogen) atoms. The standard InChI is InChI=1S/C8H13BrN2O3S2/c1-3-6(4-12)11-16(13,14)8-10-5(2)7(9)15-8/h6,11-12H,3-4H2,1-2H3. The molecule has 1 aromatic rings. The zero-order valence-corrected chi connectivity index (χ0v) is 12.1. The summed E-state index contributed by atoms with van der Waals surface area (Å²) in [6, 6.07) is -0.465. The van der Waals surface area contributed by atoms with Crippen LogP contribution in [0.1, 0.15) is 19.0 Å². The molecule has 0 radical (unpaired) electrons. The van der Waals surface area contributed by atoms with Crippen LogP contribution in [0.2, 0.25) is 0 Å². The fourth-order valence-electron chi connectivity index (χ4n) is 0.989. The van der Waals surface area contributed by atoms with Crippen LogP contribution in [0.4, 0.5) is 0 Å². The normalized spacial score (nSPS) is 14.0. The maximum absolute atomic E-state index is 11.8. The minimum atomic E-state index is -3.62. The lowest BCUT2D eigenvalue weighted by molar-refractivity contribution is 0.254. The smallest absolute Gasteiger partial charge is 0.268 e. The lowest BCUT2D eigenvalue weighted by Crippen LogP contribution is -2.36. The molecule has 0 aliphatic rings. The number of aliphatic hydroxyl groups excluding tert-OH is 1. The van der Waals surface area contributed by atoms with Crippen LogP contribution < -0.4 is 4.72 Å². The first-order chi connectivity index (χ1) is 7.40. The van der Waals surface area contributed by atoms with Gasteiger partial charge in [-0.25, -0.2) is 18.1 Å². The van der Waals surface area contributed by atoms with E-state index in [4.69, 9.17) is 5.11 Å². The molecule has 0 spiro atoms.